The minimum Gasteiger partial charge on any atom is -0.497 e. The summed E-state index contributed by atoms with van der Waals surface area (Å²) in [6.45, 7) is 0.0967. The van der Waals surface area contributed by atoms with Crippen molar-refractivity contribution < 1.29 is 23.9 Å². The molecular formula is C26H28N4O5. The molecule has 0 bridgehead atoms. The number of benzene rings is 2. The first-order valence-corrected chi connectivity index (χ1v) is 11.0. The number of hydrogen-bond donors (Lipinski definition) is 2. The summed E-state index contributed by atoms with van der Waals surface area (Å²) in [7, 11) is 3.11. The maximum absolute atomic E-state index is 13.1. The number of anilines is 2. The summed E-state index contributed by atoms with van der Waals surface area (Å²) in [6, 6.07) is 19.3. The molecule has 35 heavy (non-hydrogen) atoms. The van der Waals surface area contributed by atoms with Gasteiger partial charge in [0, 0.05) is 37.3 Å². The topological polar surface area (TPSA) is 110 Å². The van der Waals surface area contributed by atoms with E-state index in [0.29, 0.717) is 23.8 Å². The van der Waals surface area contributed by atoms with Crippen LogP contribution in [0.4, 0.5) is 11.5 Å². The van der Waals surface area contributed by atoms with Crippen molar-refractivity contribution in [2.24, 2.45) is 0 Å². The zero-order valence-corrected chi connectivity index (χ0v) is 19.7. The molecule has 9 heteroatoms. The van der Waals surface area contributed by atoms with Gasteiger partial charge in [-0.3, -0.25) is 14.4 Å². The molecule has 0 fully saturated rings. The van der Waals surface area contributed by atoms with Gasteiger partial charge in [0.1, 0.15) is 23.9 Å². The third-order valence-corrected chi connectivity index (χ3v) is 5.11. The van der Waals surface area contributed by atoms with Gasteiger partial charge in [-0.15, -0.1) is 0 Å². The minimum absolute atomic E-state index is 0.0522. The van der Waals surface area contributed by atoms with Gasteiger partial charge in [-0.1, -0.05) is 24.3 Å². The predicted molar refractivity (Wildman–Crippen MR) is 132 cm³/mol. The number of aromatic nitrogens is 1. The van der Waals surface area contributed by atoms with Gasteiger partial charge >= 0.3 is 0 Å². The number of methoxy groups -OCH3 is 2. The lowest BCUT2D eigenvalue weighted by atomic mass is 10.2. The van der Waals surface area contributed by atoms with E-state index in [4.69, 9.17) is 9.47 Å². The molecule has 0 aliphatic carbocycles. The summed E-state index contributed by atoms with van der Waals surface area (Å²) in [4.78, 5) is 43.5. The monoisotopic (exact) mass is 476 g/mol. The first-order chi connectivity index (χ1) is 17.0. The van der Waals surface area contributed by atoms with E-state index in [1.807, 2.05) is 24.3 Å². The van der Waals surface area contributed by atoms with Crippen molar-refractivity contribution in [1.82, 2.24) is 10.3 Å². The Balaban J connectivity index is 1.64. The Bertz CT molecular complexity index is 1140. The summed E-state index contributed by atoms with van der Waals surface area (Å²) in [5, 5.41) is 5.48. The van der Waals surface area contributed by atoms with E-state index in [0.717, 1.165) is 11.3 Å². The van der Waals surface area contributed by atoms with Gasteiger partial charge in [-0.25, -0.2) is 4.98 Å². The van der Waals surface area contributed by atoms with E-state index in [9.17, 15) is 14.4 Å². The number of rotatable bonds is 11. The molecule has 3 amide bonds. The standard InChI is InChI=1S/C26H28N4O5/c1-34-21-11-9-19(10-12-21)17-28-25(32)18-30(20-6-5-7-22(16-20)35-2)26(33)14-13-24(31)29-23-8-3-4-15-27-23/h3-12,15-16H,13-14,17-18H2,1-2H3,(H,28,32)(H,27,29,31). The molecule has 0 aliphatic rings. The van der Waals surface area contributed by atoms with E-state index >= 15 is 0 Å². The summed E-state index contributed by atoms with van der Waals surface area (Å²) in [5.41, 5.74) is 1.39. The van der Waals surface area contributed by atoms with Crippen molar-refractivity contribution in [3.8, 4) is 11.5 Å². The first-order valence-electron chi connectivity index (χ1n) is 11.0. The smallest absolute Gasteiger partial charge is 0.240 e. The first kappa shape index (κ1) is 25.2. The van der Waals surface area contributed by atoms with Crippen LogP contribution in [0.3, 0.4) is 0 Å². The van der Waals surface area contributed by atoms with E-state index in [1.54, 1.807) is 55.8 Å². The average molecular weight is 477 g/mol. The Hall–Kier alpha value is -4.40. The SMILES string of the molecule is COc1ccc(CNC(=O)CN(C(=O)CCC(=O)Nc2ccccn2)c2cccc(OC)c2)cc1. The maximum Gasteiger partial charge on any atom is 0.240 e. The predicted octanol–water partition coefficient (Wildman–Crippen LogP) is 3.17. The lowest BCUT2D eigenvalue weighted by Crippen LogP contribution is -2.41. The highest BCUT2D eigenvalue weighted by Crippen LogP contribution is 2.22. The Kier molecular flexibility index (Phi) is 9.18. The second kappa shape index (κ2) is 12.7. The fourth-order valence-electron chi connectivity index (χ4n) is 3.24. The van der Waals surface area contributed by atoms with Crippen LogP contribution in [0.15, 0.2) is 72.9 Å². The quantitative estimate of drug-likeness (QED) is 0.440. The van der Waals surface area contributed by atoms with Gasteiger partial charge in [0.15, 0.2) is 0 Å². The molecule has 0 atom stereocenters. The maximum atomic E-state index is 13.1. The fourth-order valence-corrected chi connectivity index (χ4v) is 3.24. The average Bonchev–Trinajstić information content (AvgIpc) is 2.90. The van der Waals surface area contributed by atoms with E-state index in [-0.39, 0.29) is 37.1 Å². The Morgan fingerprint density at radius 3 is 2.31 bits per heavy atom. The number of nitrogens with one attached hydrogen (secondary N) is 2. The molecule has 182 valence electrons. The molecule has 0 saturated heterocycles. The van der Waals surface area contributed by atoms with Gasteiger partial charge in [-0.05, 0) is 42.0 Å². The van der Waals surface area contributed by atoms with Crippen LogP contribution in [-0.4, -0.2) is 43.5 Å². The molecule has 0 aliphatic heterocycles. The Morgan fingerprint density at radius 1 is 0.857 bits per heavy atom. The summed E-state index contributed by atoms with van der Waals surface area (Å²) in [6.07, 6.45) is 1.43. The molecule has 0 radical (unpaired) electrons. The van der Waals surface area contributed by atoms with Gasteiger partial charge in [0.25, 0.3) is 0 Å². The Morgan fingerprint density at radius 2 is 1.63 bits per heavy atom. The number of pyridine rings is 1. The van der Waals surface area contributed by atoms with Crippen LogP contribution in [-0.2, 0) is 20.9 Å². The molecular weight excluding hydrogens is 448 g/mol. The third-order valence-electron chi connectivity index (χ3n) is 5.11. The lowest BCUT2D eigenvalue weighted by Gasteiger charge is -2.23. The lowest BCUT2D eigenvalue weighted by molar-refractivity contribution is -0.125. The molecule has 9 nitrogen and oxygen atoms in total. The van der Waals surface area contributed by atoms with Gasteiger partial charge in [0.2, 0.25) is 17.7 Å². The van der Waals surface area contributed by atoms with Crippen molar-refractivity contribution in [2.75, 3.05) is 31.0 Å². The van der Waals surface area contributed by atoms with Gasteiger partial charge in [-0.2, -0.15) is 0 Å². The molecule has 2 aromatic carbocycles. The highest BCUT2D eigenvalue weighted by Gasteiger charge is 2.21. The molecule has 3 aromatic rings. The Labute approximate surface area is 204 Å². The van der Waals surface area contributed by atoms with Crippen molar-refractivity contribution in [3.05, 3.63) is 78.5 Å². The van der Waals surface area contributed by atoms with Crippen LogP contribution >= 0.6 is 0 Å². The number of ether oxygens (including phenoxy) is 2. The second-order valence-corrected chi connectivity index (χ2v) is 7.57. The van der Waals surface area contributed by atoms with Crippen molar-refractivity contribution in [3.63, 3.8) is 0 Å². The highest BCUT2D eigenvalue weighted by molar-refractivity contribution is 6.01. The summed E-state index contributed by atoms with van der Waals surface area (Å²) >= 11 is 0. The molecule has 0 unspecified atom stereocenters. The molecule has 1 heterocycles. The molecule has 0 spiro atoms. The van der Waals surface area contributed by atoms with Crippen LogP contribution in [0.25, 0.3) is 0 Å². The van der Waals surface area contributed by atoms with Crippen LogP contribution in [0.1, 0.15) is 18.4 Å². The number of carbonyl (C=O) groups is 3. The van der Waals surface area contributed by atoms with Crippen molar-refractivity contribution >= 4 is 29.2 Å². The van der Waals surface area contributed by atoms with Crippen LogP contribution in [0, 0.1) is 0 Å². The van der Waals surface area contributed by atoms with Gasteiger partial charge in [0.05, 0.1) is 14.2 Å². The summed E-state index contributed by atoms with van der Waals surface area (Å²) < 4.78 is 10.4. The highest BCUT2D eigenvalue weighted by atomic mass is 16.5. The minimum atomic E-state index is -0.367. The molecule has 0 saturated carbocycles. The fraction of sp³-hybridized carbons (Fsp3) is 0.231. The largest absolute Gasteiger partial charge is 0.497 e. The summed E-state index contributed by atoms with van der Waals surface area (Å²) in [5.74, 6) is 0.636. The van der Waals surface area contributed by atoms with Crippen LogP contribution in [0.2, 0.25) is 0 Å². The van der Waals surface area contributed by atoms with E-state index < -0.39 is 0 Å². The van der Waals surface area contributed by atoms with Crippen molar-refractivity contribution in [2.45, 2.75) is 19.4 Å². The molecule has 2 N–H and O–H groups in total. The van der Waals surface area contributed by atoms with E-state index in [2.05, 4.69) is 15.6 Å². The van der Waals surface area contributed by atoms with Crippen LogP contribution in [0.5, 0.6) is 11.5 Å². The second-order valence-electron chi connectivity index (χ2n) is 7.57. The number of hydrogen-bond acceptors (Lipinski definition) is 6. The number of amides is 3. The molecule has 3 rings (SSSR count). The van der Waals surface area contributed by atoms with Crippen LogP contribution < -0.4 is 25.0 Å². The van der Waals surface area contributed by atoms with Gasteiger partial charge < -0.3 is 25.0 Å². The zero-order valence-electron chi connectivity index (χ0n) is 19.7. The zero-order chi connectivity index (χ0) is 25.0. The van der Waals surface area contributed by atoms with E-state index in [1.165, 1.54) is 12.0 Å². The third kappa shape index (κ3) is 7.85. The number of carbonyl (C=O) groups excluding carboxylic acids is 3. The normalized spacial score (nSPS) is 10.2. The molecule has 1 aromatic heterocycles. The van der Waals surface area contributed by atoms with Crippen molar-refractivity contribution in [1.29, 1.82) is 0 Å². The number of nitrogens with zero attached hydrogens (tertiary/aromatic N) is 2.